The summed E-state index contributed by atoms with van der Waals surface area (Å²) in [6.45, 7) is 6.41. The summed E-state index contributed by atoms with van der Waals surface area (Å²) >= 11 is 0. The number of hydrogen-bond acceptors (Lipinski definition) is 6. The lowest BCUT2D eigenvalue weighted by atomic mass is 9.81. The molecule has 6 heteroatoms. The van der Waals surface area contributed by atoms with Gasteiger partial charge in [0, 0.05) is 0 Å². The summed E-state index contributed by atoms with van der Waals surface area (Å²) in [5.41, 5.74) is 1.49. The zero-order chi connectivity index (χ0) is 20.4. The largest absolute Gasteiger partial charge is 0.543 e. The third kappa shape index (κ3) is 7.50. The first-order valence-corrected chi connectivity index (χ1v) is 10.3. The lowest BCUT2D eigenvalue weighted by Crippen LogP contribution is -2.31. The summed E-state index contributed by atoms with van der Waals surface area (Å²) < 4.78 is 5.23. The highest BCUT2D eigenvalue weighted by molar-refractivity contribution is 5.88. The molecule has 0 amide bonds. The van der Waals surface area contributed by atoms with Crippen molar-refractivity contribution in [2.75, 3.05) is 0 Å². The molecule has 156 valence electrons. The van der Waals surface area contributed by atoms with E-state index in [-0.39, 0.29) is 12.0 Å². The minimum absolute atomic E-state index is 0.201. The molecule has 0 spiro atoms. The van der Waals surface area contributed by atoms with E-state index in [1.54, 1.807) is 12.1 Å². The molecule has 0 aromatic heterocycles. The average molecular weight is 392 g/mol. The third-order valence-electron chi connectivity index (χ3n) is 5.32. The van der Waals surface area contributed by atoms with Crippen LogP contribution in [0.4, 0.5) is 4.79 Å². The molecule has 1 aromatic carbocycles. The number of rotatable bonds is 9. The Labute approximate surface area is 167 Å². The maximum absolute atomic E-state index is 11.9. The van der Waals surface area contributed by atoms with Gasteiger partial charge in [0.25, 0.3) is 0 Å². The second-order valence-corrected chi connectivity index (χ2v) is 7.83. The van der Waals surface area contributed by atoms with Gasteiger partial charge in [-0.25, -0.2) is 14.5 Å². The van der Waals surface area contributed by atoms with Crippen LogP contribution in [-0.4, -0.2) is 18.2 Å². The molecule has 0 saturated heterocycles. The van der Waals surface area contributed by atoms with Gasteiger partial charge >= 0.3 is 12.1 Å². The van der Waals surface area contributed by atoms with Gasteiger partial charge in [0.2, 0.25) is 0 Å². The summed E-state index contributed by atoms with van der Waals surface area (Å²) in [5.74, 6) is 0.162. The molecular weight excluding hydrogens is 360 g/mol. The first-order chi connectivity index (χ1) is 13.5. The molecule has 0 aliphatic heterocycles. The van der Waals surface area contributed by atoms with Crippen molar-refractivity contribution in [3.63, 3.8) is 0 Å². The van der Waals surface area contributed by atoms with Gasteiger partial charge in [-0.05, 0) is 61.6 Å². The molecule has 0 bridgehead atoms. The van der Waals surface area contributed by atoms with Crippen LogP contribution in [-0.2, 0) is 26.0 Å². The topological polar surface area (TPSA) is 71.1 Å². The van der Waals surface area contributed by atoms with Gasteiger partial charge in [-0.2, -0.15) is 0 Å². The highest BCUT2D eigenvalue weighted by Gasteiger charge is 2.29. The molecule has 6 nitrogen and oxygen atoms in total. The van der Waals surface area contributed by atoms with Gasteiger partial charge in [-0.15, -0.1) is 0 Å². The van der Waals surface area contributed by atoms with Crippen LogP contribution in [0.15, 0.2) is 24.3 Å². The number of unbranched alkanes of at least 4 members (excludes halogenated alkanes) is 3. The zero-order valence-electron chi connectivity index (χ0n) is 17.1. The average Bonchev–Trinajstić information content (AvgIpc) is 2.68. The molecule has 3 atom stereocenters. The summed E-state index contributed by atoms with van der Waals surface area (Å²) in [6, 6.07) is 7.13. The molecule has 0 heterocycles. The predicted molar refractivity (Wildman–Crippen MR) is 104 cm³/mol. The molecule has 1 aliphatic carbocycles. The van der Waals surface area contributed by atoms with Crippen LogP contribution in [0, 0.1) is 11.8 Å². The van der Waals surface area contributed by atoms with Crippen LogP contribution >= 0.6 is 0 Å². The van der Waals surface area contributed by atoms with Crippen LogP contribution < -0.4 is 0 Å². The van der Waals surface area contributed by atoms with E-state index in [0.717, 1.165) is 32.1 Å². The molecule has 28 heavy (non-hydrogen) atoms. The molecule has 1 fully saturated rings. The number of carbonyl (C=O) groups excluding carboxylic acids is 2. The molecular formula is C22H32O6. The zero-order valence-corrected chi connectivity index (χ0v) is 17.1. The fourth-order valence-electron chi connectivity index (χ4n) is 3.64. The minimum atomic E-state index is -0.998. The Morgan fingerprint density at radius 1 is 1.00 bits per heavy atom. The summed E-state index contributed by atoms with van der Waals surface area (Å²) in [6.07, 6.45) is 7.38. The summed E-state index contributed by atoms with van der Waals surface area (Å²) in [4.78, 5) is 32.6. The first-order valence-electron chi connectivity index (χ1n) is 10.3. The van der Waals surface area contributed by atoms with Gasteiger partial charge < -0.3 is 4.74 Å². The second-order valence-electron chi connectivity index (χ2n) is 7.83. The lowest BCUT2D eigenvalue weighted by Gasteiger charge is -2.31. The molecule has 2 rings (SSSR count). The van der Waals surface area contributed by atoms with E-state index >= 15 is 0 Å². The number of carbonyl (C=O) groups is 2. The molecule has 0 N–H and O–H groups in total. The van der Waals surface area contributed by atoms with E-state index < -0.39 is 12.1 Å². The molecule has 1 aromatic rings. The first kappa shape index (κ1) is 22.2. The van der Waals surface area contributed by atoms with Gasteiger partial charge in [-0.3, -0.25) is 4.89 Å². The maximum Gasteiger partial charge on any atom is 0.543 e. The Hall–Kier alpha value is -2.08. The van der Waals surface area contributed by atoms with E-state index in [0.29, 0.717) is 11.5 Å². The lowest BCUT2D eigenvalue weighted by molar-refractivity contribution is -0.453. The van der Waals surface area contributed by atoms with Crippen molar-refractivity contribution in [1.29, 1.82) is 0 Å². The Balaban J connectivity index is 1.66. The minimum Gasteiger partial charge on any atom is -0.429 e. The predicted octanol–water partition coefficient (Wildman–Crippen LogP) is 5.79. The molecule has 3 unspecified atom stereocenters. The Morgan fingerprint density at radius 2 is 1.75 bits per heavy atom. The Morgan fingerprint density at radius 3 is 2.43 bits per heavy atom. The van der Waals surface area contributed by atoms with Gasteiger partial charge in [0.05, 0.1) is 10.6 Å². The van der Waals surface area contributed by atoms with E-state index in [9.17, 15) is 9.59 Å². The van der Waals surface area contributed by atoms with Crippen molar-refractivity contribution < 1.29 is 29.1 Å². The van der Waals surface area contributed by atoms with E-state index in [2.05, 4.69) is 28.7 Å². The SMILES string of the molecule is CCCCCCc1ccc(C(=O)OOOC(=O)OC2CCC(C)CC2C)cc1. The Bertz CT molecular complexity index is 612. The van der Waals surface area contributed by atoms with Crippen LogP contribution in [0.25, 0.3) is 0 Å². The molecule has 0 radical (unpaired) electrons. The van der Waals surface area contributed by atoms with Crippen molar-refractivity contribution in [2.24, 2.45) is 11.8 Å². The fourth-order valence-corrected chi connectivity index (χ4v) is 3.64. The number of benzene rings is 1. The fraction of sp³-hybridized carbons (Fsp3) is 0.636. The van der Waals surface area contributed by atoms with Crippen molar-refractivity contribution >= 4 is 12.1 Å². The van der Waals surface area contributed by atoms with Gasteiger partial charge in [0.15, 0.2) is 0 Å². The highest BCUT2D eigenvalue weighted by atomic mass is 17.5. The summed E-state index contributed by atoms with van der Waals surface area (Å²) in [7, 11) is 0. The number of hydrogen-bond donors (Lipinski definition) is 0. The van der Waals surface area contributed by atoms with E-state index in [1.165, 1.54) is 24.8 Å². The highest BCUT2D eigenvalue weighted by Crippen LogP contribution is 2.30. The third-order valence-corrected chi connectivity index (χ3v) is 5.32. The number of ether oxygens (including phenoxy) is 1. The smallest absolute Gasteiger partial charge is 0.429 e. The van der Waals surface area contributed by atoms with E-state index in [1.807, 2.05) is 19.1 Å². The van der Waals surface area contributed by atoms with Crippen LogP contribution in [0.2, 0.25) is 0 Å². The standard InChI is InChI=1S/C22H32O6/c1-4-5-6-7-8-18-10-12-19(13-11-18)21(23)26-28-27-22(24)25-20-14-9-16(2)15-17(20)3/h10-13,16-17,20H,4-9,14-15H2,1-3H3. The van der Waals surface area contributed by atoms with Crippen LogP contribution in [0.1, 0.15) is 81.6 Å². The molecule has 1 saturated carbocycles. The monoisotopic (exact) mass is 392 g/mol. The van der Waals surface area contributed by atoms with Crippen molar-refractivity contribution in [1.82, 2.24) is 0 Å². The van der Waals surface area contributed by atoms with Crippen LogP contribution in [0.5, 0.6) is 0 Å². The van der Waals surface area contributed by atoms with E-state index in [4.69, 9.17) is 4.74 Å². The summed E-state index contributed by atoms with van der Waals surface area (Å²) in [5, 5.41) is 4.31. The maximum atomic E-state index is 11.9. The van der Waals surface area contributed by atoms with Crippen molar-refractivity contribution in [3.05, 3.63) is 35.4 Å². The van der Waals surface area contributed by atoms with Gasteiger partial charge in [-0.1, -0.05) is 52.2 Å². The molecule has 1 aliphatic rings. The second kappa shape index (κ2) is 11.7. The van der Waals surface area contributed by atoms with Crippen molar-refractivity contribution in [2.45, 2.75) is 78.2 Å². The normalized spacial score (nSPS) is 21.8. The van der Waals surface area contributed by atoms with Crippen molar-refractivity contribution in [3.8, 4) is 0 Å². The van der Waals surface area contributed by atoms with Gasteiger partial charge in [0.1, 0.15) is 6.10 Å². The Kier molecular flexibility index (Phi) is 9.28. The quantitative estimate of drug-likeness (QED) is 0.229. The van der Waals surface area contributed by atoms with Crippen LogP contribution in [0.3, 0.4) is 0 Å². The number of aryl methyl sites for hydroxylation is 1.